The lowest BCUT2D eigenvalue weighted by Gasteiger charge is -2.36. The highest BCUT2D eigenvalue weighted by atomic mass is 16.6. The van der Waals surface area contributed by atoms with E-state index in [0.717, 1.165) is 18.4 Å². The van der Waals surface area contributed by atoms with Gasteiger partial charge in [-0.05, 0) is 38.7 Å². The fourth-order valence-corrected chi connectivity index (χ4v) is 2.87. The molecule has 1 rings (SSSR count). The van der Waals surface area contributed by atoms with Gasteiger partial charge >= 0.3 is 6.09 Å². The van der Waals surface area contributed by atoms with E-state index in [9.17, 15) is 9.59 Å². The smallest absolute Gasteiger partial charge is 0.410 e. The van der Waals surface area contributed by atoms with Crippen molar-refractivity contribution in [3.05, 3.63) is 35.9 Å². The first-order valence-electron chi connectivity index (χ1n) is 10.2. The van der Waals surface area contributed by atoms with Crippen LogP contribution in [0.1, 0.15) is 59.9 Å². The van der Waals surface area contributed by atoms with Crippen molar-refractivity contribution in [1.29, 1.82) is 0 Å². The lowest BCUT2D eigenvalue weighted by molar-refractivity contribution is -0.138. The second-order valence-corrected chi connectivity index (χ2v) is 8.04. The molecule has 1 aromatic carbocycles. The maximum atomic E-state index is 12.4. The van der Waals surface area contributed by atoms with Crippen LogP contribution in [0.15, 0.2) is 30.3 Å². The van der Waals surface area contributed by atoms with Gasteiger partial charge in [-0.1, -0.05) is 57.5 Å². The van der Waals surface area contributed by atoms with E-state index in [0.29, 0.717) is 19.0 Å². The van der Waals surface area contributed by atoms with Gasteiger partial charge < -0.3 is 19.1 Å². The summed E-state index contributed by atoms with van der Waals surface area (Å²) < 4.78 is 15.6. The maximum Gasteiger partial charge on any atom is 0.410 e. The van der Waals surface area contributed by atoms with Crippen LogP contribution in [-0.2, 0) is 25.6 Å². The molecule has 0 fully saturated rings. The molecule has 0 N–H and O–H groups in total. The van der Waals surface area contributed by atoms with Gasteiger partial charge in [-0.3, -0.25) is 4.79 Å². The summed E-state index contributed by atoms with van der Waals surface area (Å²) in [6.07, 6.45) is 1.57. The topological polar surface area (TPSA) is 65.1 Å². The molecule has 0 radical (unpaired) electrons. The normalized spacial score (nSPS) is 13.9. The molecule has 0 aliphatic heterocycles. The Morgan fingerprint density at radius 3 is 2.10 bits per heavy atom. The van der Waals surface area contributed by atoms with Gasteiger partial charge in [0.15, 0.2) is 0 Å². The lowest BCUT2D eigenvalue weighted by atomic mass is 9.92. The average Bonchev–Trinajstić information content (AvgIpc) is 2.69. The first-order chi connectivity index (χ1) is 13.6. The molecule has 0 aromatic heterocycles. The summed E-state index contributed by atoms with van der Waals surface area (Å²) in [4.78, 5) is 23.7. The number of hydrogen-bond acceptors (Lipinski definition) is 5. The van der Waals surface area contributed by atoms with Crippen molar-refractivity contribution in [3.8, 4) is 0 Å². The highest BCUT2D eigenvalue weighted by molar-refractivity contribution is 5.67. The summed E-state index contributed by atoms with van der Waals surface area (Å²) in [5, 5.41) is 0. The average molecular weight is 410 g/mol. The molecular weight excluding hydrogens is 370 g/mol. The van der Waals surface area contributed by atoms with Crippen molar-refractivity contribution in [2.24, 2.45) is 5.92 Å². The SMILES string of the molecule is CC(C)(C)OC=O.CCC(C)C(C(CC)OC)N(C)C(=O)OCc1ccccc1. The molecular formula is C23H39NO5. The predicted molar refractivity (Wildman–Crippen MR) is 116 cm³/mol. The van der Waals surface area contributed by atoms with Gasteiger partial charge in [0.1, 0.15) is 12.2 Å². The van der Waals surface area contributed by atoms with Gasteiger partial charge in [-0.25, -0.2) is 4.79 Å². The van der Waals surface area contributed by atoms with Crippen molar-refractivity contribution >= 4 is 12.6 Å². The molecule has 1 amide bonds. The third kappa shape index (κ3) is 10.9. The Bertz CT molecular complexity index is 566. The van der Waals surface area contributed by atoms with E-state index in [1.165, 1.54) is 0 Å². The van der Waals surface area contributed by atoms with Gasteiger partial charge in [0.2, 0.25) is 0 Å². The Hall–Kier alpha value is -2.08. The van der Waals surface area contributed by atoms with Crippen LogP contribution in [0.5, 0.6) is 0 Å². The molecule has 6 heteroatoms. The molecule has 166 valence electrons. The molecule has 0 aliphatic rings. The number of hydrogen-bond donors (Lipinski definition) is 0. The lowest BCUT2D eigenvalue weighted by Crippen LogP contribution is -2.49. The van der Waals surface area contributed by atoms with Crippen molar-refractivity contribution in [2.75, 3.05) is 14.2 Å². The van der Waals surface area contributed by atoms with Gasteiger partial charge in [-0.15, -0.1) is 0 Å². The molecule has 0 spiro atoms. The van der Waals surface area contributed by atoms with Crippen LogP contribution in [0.25, 0.3) is 0 Å². The molecule has 0 aliphatic carbocycles. The molecule has 3 unspecified atom stereocenters. The van der Waals surface area contributed by atoms with E-state index in [1.807, 2.05) is 51.1 Å². The van der Waals surface area contributed by atoms with Crippen LogP contribution in [-0.4, -0.2) is 49.4 Å². The molecule has 0 heterocycles. The highest BCUT2D eigenvalue weighted by Crippen LogP contribution is 2.22. The third-order valence-corrected chi connectivity index (χ3v) is 4.65. The summed E-state index contributed by atoms with van der Waals surface area (Å²) in [6, 6.07) is 9.73. The van der Waals surface area contributed by atoms with Gasteiger partial charge in [-0.2, -0.15) is 0 Å². The predicted octanol–water partition coefficient (Wildman–Crippen LogP) is 5.05. The molecule has 3 atom stereocenters. The van der Waals surface area contributed by atoms with Gasteiger partial charge in [0.05, 0.1) is 12.1 Å². The Kier molecular flexibility index (Phi) is 13.0. The van der Waals surface area contributed by atoms with Gasteiger partial charge in [0, 0.05) is 14.2 Å². The number of nitrogens with zero attached hydrogens (tertiary/aromatic N) is 1. The van der Waals surface area contributed by atoms with Gasteiger partial charge in [0.25, 0.3) is 6.47 Å². The maximum absolute atomic E-state index is 12.4. The van der Waals surface area contributed by atoms with Crippen molar-refractivity contribution in [2.45, 2.75) is 78.7 Å². The van der Waals surface area contributed by atoms with Crippen molar-refractivity contribution < 1.29 is 23.8 Å². The quantitative estimate of drug-likeness (QED) is 0.534. The van der Waals surface area contributed by atoms with E-state index in [-0.39, 0.29) is 23.8 Å². The zero-order chi connectivity index (χ0) is 22.4. The number of carbonyl (C=O) groups excluding carboxylic acids is 2. The van der Waals surface area contributed by atoms with Crippen LogP contribution in [0.3, 0.4) is 0 Å². The zero-order valence-electron chi connectivity index (χ0n) is 19.3. The Balaban J connectivity index is 0.000000956. The Labute approximate surface area is 176 Å². The highest BCUT2D eigenvalue weighted by Gasteiger charge is 2.32. The molecule has 0 saturated carbocycles. The molecule has 0 saturated heterocycles. The van der Waals surface area contributed by atoms with Crippen LogP contribution < -0.4 is 0 Å². The standard InChI is InChI=1S/C18H29NO3.C5H10O2/c1-6-14(3)17(16(7-2)21-5)19(4)18(20)22-13-15-11-9-8-10-12-15;1-5(2,3)7-4-6/h8-12,14,16-17H,6-7,13H2,1-5H3;4H,1-3H3. The Morgan fingerprint density at radius 1 is 1.14 bits per heavy atom. The number of methoxy groups -OCH3 is 1. The van der Waals surface area contributed by atoms with E-state index in [1.54, 1.807) is 19.1 Å². The summed E-state index contributed by atoms with van der Waals surface area (Å²) in [5.74, 6) is 0.346. The first-order valence-corrected chi connectivity index (χ1v) is 10.2. The second kappa shape index (κ2) is 14.0. The summed E-state index contributed by atoms with van der Waals surface area (Å²) in [6.45, 7) is 12.6. The molecule has 6 nitrogen and oxygen atoms in total. The minimum absolute atomic E-state index is 0.0169. The van der Waals surface area contributed by atoms with Crippen molar-refractivity contribution in [1.82, 2.24) is 4.90 Å². The second-order valence-electron chi connectivity index (χ2n) is 8.04. The van der Waals surface area contributed by atoms with Crippen molar-refractivity contribution in [3.63, 3.8) is 0 Å². The number of benzene rings is 1. The van der Waals surface area contributed by atoms with Crippen LogP contribution in [0, 0.1) is 5.92 Å². The van der Waals surface area contributed by atoms with Crippen LogP contribution in [0.2, 0.25) is 0 Å². The minimum Gasteiger partial charge on any atom is -0.462 e. The summed E-state index contributed by atoms with van der Waals surface area (Å²) in [7, 11) is 3.50. The van der Waals surface area contributed by atoms with Crippen LogP contribution >= 0.6 is 0 Å². The monoisotopic (exact) mass is 409 g/mol. The van der Waals surface area contributed by atoms with E-state index < -0.39 is 0 Å². The molecule has 0 bridgehead atoms. The fraction of sp³-hybridized carbons (Fsp3) is 0.652. The minimum atomic E-state index is -0.318. The number of rotatable bonds is 9. The fourth-order valence-electron chi connectivity index (χ4n) is 2.87. The largest absolute Gasteiger partial charge is 0.462 e. The zero-order valence-corrected chi connectivity index (χ0v) is 19.3. The van der Waals surface area contributed by atoms with Crippen LogP contribution in [0.4, 0.5) is 4.79 Å². The first kappa shape index (κ1) is 26.9. The van der Waals surface area contributed by atoms with E-state index >= 15 is 0 Å². The number of likely N-dealkylation sites (N-methyl/N-ethyl adjacent to an activating group) is 1. The summed E-state index contributed by atoms with van der Waals surface area (Å²) >= 11 is 0. The number of ether oxygens (including phenoxy) is 3. The Morgan fingerprint density at radius 2 is 1.72 bits per heavy atom. The molecule has 1 aromatic rings. The van der Waals surface area contributed by atoms with E-state index in [2.05, 4.69) is 25.5 Å². The van der Waals surface area contributed by atoms with E-state index in [4.69, 9.17) is 9.47 Å². The summed E-state index contributed by atoms with van der Waals surface area (Å²) in [5.41, 5.74) is 0.671. The molecule has 29 heavy (non-hydrogen) atoms. The third-order valence-electron chi connectivity index (χ3n) is 4.65. The number of amides is 1. The number of carbonyl (C=O) groups is 2.